The zero-order valence-electron chi connectivity index (χ0n) is 21.3. The first-order chi connectivity index (χ1) is 19.0. The molecule has 9 heteroatoms. The predicted octanol–water partition coefficient (Wildman–Crippen LogP) is 5.79. The monoisotopic (exact) mass is 512 g/mol. The maximum Gasteiger partial charge on any atom is 0.255 e. The number of anilines is 3. The van der Waals surface area contributed by atoms with Gasteiger partial charge in [0.25, 0.3) is 5.91 Å². The van der Waals surface area contributed by atoms with Crippen LogP contribution in [0, 0.1) is 6.92 Å². The molecule has 2 N–H and O–H groups in total. The van der Waals surface area contributed by atoms with Crippen molar-refractivity contribution in [2.24, 2.45) is 7.05 Å². The number of carbonyl (C=O) groups is 1. The zero-order valence-corrected chi connectivity index (χ0v) is 21.3. The van der Waals surface area contributed by atoms with Gasteiger partial charge in [-0.05, 0) is 59.3 Å². The topological polar surface area (TPSA) is 111 Å². The van der Waals surface area contributed by atoms with Crippen LogP contribution in [-0.2, 0) is 7.05 Å². The number of para-hydroxylation sites is 1. The van der Waals surface area contributed by atoms with E-state index in [1.54, 1.807) is 23.9 Å². The number of aromatic nitrogens is 6. The fourth-order valence-corrected chi connectivity index (χ4v) is 4.35. The van der Waals surface area contributed by atoms with Crippen LogP contribution < -0.4 is 10.6 Å². The first kappa shape index (κ1) is 23.9. The first-order valence-electron chi connectivity index (χ1n) is 12.4. The van der Waals surface area contributed by atoms with Crippen LogP contribution in [-0.4, -0.2) is 36.1 Å². The normalized spacial score (nSPS) is 10.9. The number of amides is 1. The Kier molecular flexibility index (Phi) is 6.22. The summed E-state index contributed by atoms with van der Waals surface area (Å²) in [7, 11) is 1.77. The molecule has 2 aromatic heterocycles. The van der Waals surface area contributed by atoms with E-state index in [-0.39, 0.29) is 5.91 Å². The number of benzene rings is 4. The van der Waals surface area contributed by atoms with E-state index in [1.807, 2.05) is 91.9 Å². The van der Waals surface area contributed by atoms with Gasteiger partial charge in [-0.25, -0.2) is 14.6 Å². The van der Waals surface area contributed by atoms with E-state index in [9.17, 15) is 4.79 Å². The van der Waals surface area contributed by atoms with Gasteiger partial charge >= 0.3 is 0 Å². The second-order valence-electron chi connectivity index (χ2n) is 9.09. The van der Waals surface area contributed by atoms with Crippen LogP contribution in [0.5, 0.6) is 0 Å². The van der Waals surface area contributed by atoms with E-state index in [4.69, 9.17) is 9.97 Å². The van der Waals surface area contributed by atoms with E-state index in [1.165, 1.54) is 0 Å². The summed E-state index contributed by atoms with van der Waals surface area (Å²) in [4.78, 5) is 22.6. The van der Waals surface area contributed by atoms with Gasteiger partial charge in [-0.3, -0.25) is 4.79 Å². The minimum Gasteiger partial charge on any atom is -0.324 e. The predicted molar refractivity (Wildman–Crippen MR) is 152 cm³/mol. The molecule has 6 aromatic rings. The third kappa shape index (κ3) is 4.93. The SMILES string of the molecule is Cc1ccc(-c2nnnn2C)cc1NC(=O)c1ccc(Nc2nc(-c3ccccc3)c3ccccc3n2)cc1. The molecule has 39 heavy (non-hydrogen) atoms. The molecule has 0 bridgehead atoms. The summed E-state index contributed by atoms with van der Waals surface area (Å²) in [6.07, 6.45) is 0. The minimum absolute atomic E-state index is 0.216. The van der Waals surface area contributed by atoms with Crippen molar-refractivity contribution in [2.75, 3.05) is 10.6 Å². The molecule has 4 aromatic carbocycles. The fraction of sp³-hybridized carbons (Fsp3) is 0.0667. The van der Waals surface area contributed by atoms with E-state index in [0.717, 1.165) is 39.0 Å². The van der Waals surface area contributed by atoms with Gasteiger partial charge in [0.2, 0.25) is 5.95 Å². The fourth-order valence-electron chi connectivity index (χ4n) is 4.35. The lowest BCUT2D eigenvalue weighted by molar-refractivity contribution is 0.102. The van der Waals surface area contributed by atoms with Crippen molar-refractivity contribution in [3.05, 3.63) is 108 Å². The smallest absolute Gasteiger partial charge is 0.255 e. The summed E-state index contributed by atoms with van der Waals surface area (Å²) < 4.78 is 1.59. The highest BCUT2D eigenvalue weighted by Crippen LogP contribution is 2.28. The average Bonchev–Trinajstić information content (AvgIpc) is 3.40. The summed E-state index contributed by atoms with van der Waals surface area (Å²) in [6.45, 7) is 1.94. The molecule has 0 aliphatic rings. The third-order valence-corrected chi connectivity index (χ3v) is 6.42. The van der Waals surface area contributed by atoms with Crippen molar-refractivity contribution in [2.45, 2.75) is 6.92 Å². The molecule has 6 rings (SSSR count). The highest BCUT2D eigenvalue weighted by Gasteiger charge is 2.13. The van der Waals surface area contributed by atoms with Crippen LogP contribution in [0.4, 0.5) is 17.3 Å². The molecular weight excluding hydrogens is 488 g/mol. The van der Waals surface area contributed by atoms with Crippen molar-refractivity contribution in [3.8, 4) is 22.6 Å². The average molecular weight is 513 g/mol. The van der Waals surface area contributed by atoms with Crippen LogP contribution in [0.1, 0.15) is 15.9 Å². The highest BCUT2D eigenvalue weighted by molar-refractivity contribution is 6.05. The van der Waals surface area contributed by atoms with Gasteiger partial charge in [-0.1, -0.05) is 60.7 Å². The minimum atomic E-state index is -0.216. The van der Waals surface area contributed by atoms with Crippen molar-refractivity contribution in [1.29, 1.82) is 0 Å². The van der Waals surface area contributed by atoms with E-state index in [0.29, 0.717) is 23.0 Å². The molecule has 0 atom stereocenters. The molecule has 0 fully saturated rings. The van der Waals surface area contributed by atoms with Gasteiger partial charge in [0.05, 0.1) is 11.2 Å². The molecule has 2 heterocycles. The molecule has 0 unspecified atom stereocenters. The molecule has 0 radical (unpaired) electrons. The van der Waals surface area contributed by atoms with Gasteiger partial charge < -0.3 is 10.6 Å². The van der Waals surface area contributed by atoms with Crippen LogP contribution in [0.2, 0.25) is 0 Å². The Morgan fingerprint density at radius 2 is 1.59 bits per heavy atom. The summed E-state index contributed by atoms with van der Waals surface area (Å²) >= 11 is 0. The maximum absolute atomic E-state index is 13.0. The largest absolute Gasteiger partial charge is 0.324 e. The summed E-state index contributed by atoms with van der Waals surface area (Å²) in [5.41, 5.74) is 6.45. The van der Waals surface area contributed by atoms with Crippen LogP contribution in [0.15, 0.2) is 97.1 Å². The number of tetrazole rings is 1. The quantitative estimate of drug-likeness (QED) is 0.290. The number of hydrogen-bond acceptors (Lipinski definition) is 7. The van der Waals surface area contributed by atoms with E-state index < -0.39 is 0 Å². The molecule has 0 saturated carbocycles. The van der Waals surface area contributed by atoms with Crippen LogP contribution in [0.25, 0.3) is 33.5 Å². The van der Waals surface area contributed by atoms with Gasteiger partial charge in [-0.15, -0.1) is 5.10 Å². The number of fused-ring (bicyclic) bond motifs is 1. The summed E-state index contributed by atoms with van der Waals surface area (Å²) in [5, 5.41) is 18.9. The Labute approximate surface area is 224 Å². The molecule has 1 amide bonds. The van der Waals surface area contributed by atoms with Gasteiger partial charge in [0, 0.05) is 40.5 Å². The summed E-state index contributed by atoms with van der Waals surface area (Å²) in [5.74, 6) is 0.883. The summed E-state index contributed by atoms with van der Waals surface area (Å²) in [6, 6.07) is 30.9. The number of rotatable bonds is 6. The number of carbonyl (C=O) groups excluding carboxylic acids is 1. The highest BCUT2D eigenvalue weighted by atomic mass is 16.1. The van der Waals surface area contributed by atoms with Crippen molar-refractivity contribution in [1.82, 2.24) is 30.2 Å². The maximum atomic E-state index is 13.0. The van der Waals surface area contributed by atoms with Gasteiger partial charge in [0.1, 0.15) is 0 Å². The molecular formula is C30H24N8O. The second kappa shape index (κ2) is 10.1. The Bertz CT molecular complexity index is 1800. The lowest BCUT2D eigenvalue weighted by atomic mass is 10.1. The molecule has 0 aliphatic carbocycles. The van der Waals surface area contributed by atoms with E-state index >= 15 is 0 Å². The number of nitrogens with zero attached hydrogens (tertiary/aromatic N) is 6. The number of nitrogens with one attached hydrogen (secondary N) is 2. The lowest BCUT2D eigenvalue weighted by Gasteiger charge is -2.12. The van der Waals surface area contributed by atoms with Crippen molar-refractivity contribution in [3.63, 3.8) is 0 Å². The molecule has 0 spiro atoms. The second-order valence-corrected chi connectivity index (χ2v) is 9.09. The Morgan fingerprint density at radius 3 is 2.36 bits per heavy atom. The Hall–Kier alpha value is -5.44. The van der Waals surface area contributed by atoms with Gasteiger partial charge in [-0.2, -0.15) is 0 Å². The van der Waals surface area contributed by atoms with E-state index in [2.05, 4.69) is 26.2 Å². The lowest BCUT2D eigenvalue weighted by Crippen LogP contribution is -2.13. The standard InChI is InChI=1S/C30H24N8O/c1-19-12-13-22(28-35-36-37-38(28)2)18-26(19)32-29(39)21-14-16-23(17-15-21)31-30-33-25-11-7-6-10-24(25)27(34-30)20-8-4-3-5-9-20/h3-18H,1-2H3,(H,32,39)(H,31,33,34). The third-order valence-electron chi connectivity index (χ3n) is 6.42. The molecule has 190 valence electrons. The number of hydrogen-bond donors (Lipinski definition) is 2. The van der Waals surface area contributed by atoms with Crippen molar-refractivity contribution >= 4 is 34.1 Å². The Morgan fingerprint density at radius 1 is 0.821 bits per heavy atom. The Balaban J connectivity index is 1.22. The molecule has 0 aliphatic heterocycles. The van der Waals surface area contributed by atoms with Gasteiger partial charge in [0.15, 0.2) is 5.82 Å². The zero-order chi connectivity index (χ0) is 26.8. The first-order valence-corrected chi connectivity index (χ1v) is 12.4. The molecule has 0 saturated heterocycles. The van der Waals surface area contributed by atoms with Crippen molar-refractivity contribution < 1.29 is 4.79 Å². The van der Waals surface area contributed by atoms with Crippen LogP contribution >= 0.6 is 0 Å². The molecule has 9 nitrogen and oxygen atoms in total. The number of aryl methyl sites for hydroxylation is 2. The van der Waals surface area contributed by atoms with Crippen LogP contribution in [0.3, 0.4) is 0 Å².